The second kappa shape index (κ2) is 12.5. The van der Waals surface area contributed by atoms with E-state index in [1.54, 1.807) is 0 Å². The molecule has 23 heavy (non-hydrogen) atoms. The molecule has 0 amide bonds. The zero-order valence-electron chi connectivity index (χ0n) is 14.8. The highest BCUT2D eigenvalue weighted by molar-refractivity contribution is 7.95. The minimum Gasteiger partial charge on any atom is -0.303 e. The quantitative estimate of drug-likeness (QED) is 0.464. The highest BCUT2D eigenvalue weighted by Gasteiger charge is 2.19. The van der Waals surface area contributed by atoms with Gasteiger partial charge in [0, 0.05) is 13.1 Å². The van der Waals surface area contributed by atoms with Crippen LogP contribution in [0.3, 0.4) is 0 Å². The second-order valence-corrected chi connectivity index (χ2v) is 9.96. The van der Waals surface area contributed by atoms with Crippen molar-refractivity contribution in [3.05, 3.63) is 0 Å². The van der Waals surface area contributed by atoms with Crippen molar-refractivity contribution in [3.63, 3.8) is 0 Å². The molecule has 0 aromatic rings. The summed E-state index contributed by atoms with van der Waals surface area (Å²) in [6.45, 7) is 12.1. The molecule has 0 spiro atoms. The molecule has 0 aromatic carbocycles. The Hall–Kier alpha value is 0.110. The average molecular weight is 393 g/mol. The van der Waals surface area contributed by atoms with Crippen molar-refractivity contribution in [2.45, 2.75) is 27.7 Å². The monoisotopic (exact) mass is 392 g/mol. The third kappa shape index (κ3) is 12.2. The van der Waals surface area contributed by atoms with Gasteiger partial charge in [0.1, 0.15) is 0 Å². The van der Waals surface area contributed by atoms with Gasteiger partial charge in [-0.05, 0) is 26.2 Å². The van der Waals surface area contributed by atoms with E-state index in [1.807, 2.05) is 37.5 Å². The second-order valence-electron chi connectivity index (χ2n) is 5.36. The number of nitrogens with zero attached hydrogens (tertiary/aromatic N) is 2. The van der Waals surface area contributed by atoms with E-state index in [-0.39, 0.29) is 35.4 Å². The summed E-state index contributed by atoms with van der Waals surface area (Å²) in [4.78, 5) is 4.04. The standard InChI is InChI=1S/C14H32N2O4S2.ClH/c1-5-15(6-2)9-11-21(17,18)13-14-22(19,20)12-10-16(7-3)8-4;/h5-14H2,1-4H3;1H. The summed E-state index contributed by atoms with van der Waals surface area (Å²) in [5.41, 5.74) is 0. The van der Waals surface area contributed by atoms with Crippen molar-refractivity contribution < 1.29 is 16.8 Å². The molecule has 0 aliphatic carbocycles. The van der Waals surface area contributed by atoms with Gasteiger partial charge in [0.25, 0.3) is 0 Å². The van der Waals surface area contributed by atoms with Crippen molar-refractivity contribution in [1.29, 1.82) is 0 Å². The lowest BCUT2D eigenvalue weighted by Crippen LogP contribution is -2.33. The van der Waals surface area contributed by atoms with E-state index in [1.165, 1.54) is 0 Å². The minimum absolute atomic E-state index is 0. The lowest BCUT2D eigenvalue weighted by atomic mass is 10.5. The average Bonchev–Trinajstić information content (AvgIpc) is 2.47. The highest BCUT2D eigenvalue weighted by atomic mass is 35.5. The van der Waals surface area contributed by atoms with Crippen LogP contribution in [0.5, 0.6) is 0 Å². The van der Waals surface area contributed by atoms with Gasteiger partial charge in [-0.25, -0.2) is 16.8 Å². The van der Waals surface area contributed by atoms with Crippen molar-refractivity contribution >= 4 is 32.1 Å². The Labute approximate surface area is 148 Å². The van der Waals surface area contributed by atoms with Gasteiger partial charge in [-0.1, -0.05) is 27.7 Å². The third-order valence-electron chi connectivity index (χ3n) is 3.93. The van der Waals surface area contributed by atoms with Crippen LogP contribution in [0.1, 0.15) is 27.7 Å². The summed E-state index contributed by atoms with van der Waals surface area (Å²) in [6.07, 6.45) is 0. The first-order valence-corrected chi connectivity index (χ1v) is 11.7. The van der Waals surface area contributed by atoms with E-state index in [4.69, 9.17) is 0 Å². The molecule has 0 fully saturated rings. The summed E-state index contributed by atoms with van der Waals surface area (Å²) in [5, 5.41) is 0. The van der Waals surface area contributed by atoms with Crippen LogP contribution in [0.2, 0.25) is 0 Å². The predicted molar refractivity (Wildman–Crippen MR) is 100 cm³/mol. The summed E-state index contributed by atoms with van der Waals surface area (Å²) in [6, 6.07) is 0. The lowest BCUT2D eigenvalue weighted by molar-refractivity contribution is 0.321. The first-order chi connectivity index (χ1) is 10.2. The van der Waals surface area contributed by atoms with Gasteiger partial charge in [-0.15, -0.1) is 12.4 Å². The van der Waals surface area contributed by atoms with Gasteiger partial charge < -0.3 is 9.80 Å². The van der Waals surface area contributed by atoms with Crippen LogP contribution in [-0.2, 0) is 19.7 Å². The zero-order chi connectivity index (χ0) is 17.2. The van der Waals surface area contributed by atoms with Crippen molar-refractivity contribution in [2.24, 2.45) is 0 Å². The van der Waals surface area contributed by atoms with Gasteiger partial charge in [-0.2, -0.15) is 0 Å². The van der Waals surface area contributed by atoms with Gasteiger partial charge in [0.2, 0.25) is 0 Å². The van der Waals surface area contributed by atoms with Crippen molar-refractivity contribution in [3.8, 4) is 0 Å². The molecule has 0 rings (SSSR count). The molecule has 142 valence electrons. The Morgan fingerprint density at radius 1 is 0.565 bits per heavy atom. The zero-order valence-corrected chi connectivity index (χ0v) is 17.3. The summed E-state index contributed by atoms with van der Waals surface area (Å²) in [5.74, 6) is -0.482. The largest absolute Gasteiger partial charge is 0.303 e. The number of hydrogen-bond acceptors (Lipinski definition) is 6. The molecular weight excluding hydrogens is 360 g/mol. The van der Waals surface area contributed by atoms with Crippen LogP contribution < -0.4 is 0 Å². The summed E-state index contributed by atoms with van der Waals surface area (Å²) in [7, 11) is -6.63. The van der Waals surface area contributed by atoms with E-state index in [2.05, 4.69) is 0 Å². The van der Waals surface area contributed by atoms with Crippen LogP contribution >= 0.6 is 12.4 Å². The molecule has 0 radical (unpaired) electrons. The number of sulfone groups is 2. The van der Waals surface area contributed by atoms with Gasteiger partial charge >= 0.3 is 0 Å². The van der Waals surface area contributed by atoms with Gasteiger partial charge in [-0.3, -0.25) is 0 Å². The molecule has 6 nitrogen and oxygen atoms in total. The maximum atomic E-state index is 12.0. The van der Waals surface area contributed by atoms with Crippen LogP contribution in [0.25, 0.3) is 0 Å². The molecule has 0 heterocycles. The van der Waals surface area contributed by atoms with E-state index in [0.717, 1.165) is 26.2 Å². The summed E-state index contributed by atoms with van der Waals surface area (Å²) >= 11 is 0. The maximum Gasteiger partial charge on any atom is 0.152 e. The van der Waals surface area contributed by atoms with Crippen LogP contribution in [-0.4, -0.2) is 88.9 Å². The highest BCUT2D eigenvalue weighted by Crippen LogP contribution is 2.00. The predicted octanol–water partition coefficient (Wildman–Crippen LogP) is 0.921. The molecular formula is C14H33ClN2O4S2. The molecule has 0 N–H and O–H groups in total. The van der Waals surface area contributed by atoms with Crippen molar-refractivity contribution in [1.82, 2.24) is 9.80 Å². The lowest BCUT2D eigenvalue weighted by Gasteiger charge is -2.18. The molecule has 0 saturated carbocycles. The van der Waals surface area contributed by atoms with E-state index < -0.39 is 19.7 Å². The normalized spacial score (nSPS) is 12.6. The maximum absolute atomic E-state index is 12.0. The Balaban J connectivity index is 0. The Kier molecular flexibility index (Phi) is 13.7. The number of hydrogen-bond donors (Lipinski definition) is 0. The molecule has 0 bridgehead atoms. The fraction of sp³-hybridized carbons (Fsp3) is 1.00. The SMILES string of the molecule is CCN(CC)CCS(=O)(=O)CCS(=O)(=O)CCN(CC)CC.Cl. The molecule has 9 heteroatoms. The topological polar surface area (TPSA) is 74.8 Å². The fourth-order valence-corrected chi connectivity index (χ4v) is 5.59. The number of halogens is 1. The van der Waals surface area contributed by atoms with Crippen LogP contribution in [0, 0.1) is 0 Å². The molecule has 0 atom stereocenters. The first kappa shape index (κ1) is 25.4. The fourth-order valence-electron chi connectivity index (χ4n) is 2.07. The molecule has 0 aliphatic heterocycles. The molecule has 0 unspecified atom stereocenters. The molecule has 0 saturated heterocycles. The van der Waals surface area contributed by atoms with E-state index >= 15 is 0 Å². The van der Waals surface area contributed by atoms with Gasteiger partial charge in [0.15, 0.2) is 19.7 Å². The smallest absolute Gasteiger partial charge is 0.152 e. The van der Waals surface area contributed by atoms with E-state index in [9.17, 15) is 16.8 Å². The Bertz CT molecular complexity index is 441. The van der Waals surface area contributed by atoms with Crippen molar-refractivity contribution in [2.75, 3.05) is 62.3 Å². The molecule has 0 aliphatic rings. The first-order valence-electron chi connectivity index (χ1n) is 8.05. The number of rotatable bonds is 13. The van der Waals surface area contributed by atoms with Crippen LogP contribution in [0.4, 0.5) is 0 Å². The van der Waals surface area contributed by atoms with Crippen LogP contribution in [0.15, 0.2) is 0 Å². The van der Waals surface area contributed by atoms with E-state index in [0.29, 0.717) is 13.1 Å². The third-order valence-corrected chi connectivity index (χ3v) is 7.45. The molecule has 0 aromatic heterocycles. The summed E-state index contributed by atoms with van der Waals surface area (Å²) < 4.78 is 47.8. The minimum atomic E-state index is -3.31. The Morgan fingerprint density at radius 3 is 1.04 bits per heavy atom. The van der Waals surface area contributed by atoms with Gasteiger partial charge in [0.05, 0.1) is 23.0 Å². The Morgan fingerprint density at radius 2 is 0.826 bits per heavy atom.